The largest absolute Gasteiger partial charge is 0.464 e. The molecular formula is C27H24Cl2N2O4S. The fraction of sp³-hybridized carbons (Fsp3) is 0.185. The third-order valence-corrected chi connectivity index (χ3v) is 7.72. The van der Waals surface area contributed by atoms with Gasteiger partial charge in [0.05, 0.1) is 22.9 Å². The van der Waals surface area contributed by atoms with Gasteiger partial charge in [-0.2, -0.15) is 0 Å². The van der Waals surface area contributed by atoms with E-state index in [4.69, 9.17) is 27.9 Å². The summed E-state index contributed by atoms with van der Waals surface area (Å²) in [6.07, 6.45) is 3.27. The van der Waals surface area contributed by atoms with E-state index in [1.165, 1.54) is 18.2 Å². The van der Waals surface area contributed by atoms with Crippen molar-refractivity contribution in [3.8, 4) is 11.3 Å². The number of nitrogens with zero attached hydrogens (tertiary/aromatic N) is 2. The molecule has 6 nitrogen and oxygen atoms in total. The van der Waals surface area contributed by atoms with E-state index in [1.54, 1.807) is 18.3 Å². The Bertz CT molecular complexity index is 1470. The van der Waals surface area contributed by atoms with Crippen molar-refractivity contribution in [3.63, 3.8) is 0 Å². The maximum absolute atomic E-state index is 13.7. The van der Waals surface area contributed by atoms with Gasteiger partial charge in [-0.1, -0.05) is 60.8 Å². The Morgan fingerprint density at radius 2 is 1.67 bits per heavy atom. The first-order valence-electron chi connectivity index (χ1n) is 11.4. The van der Waals surface area contributed by atoms with E-state index >= 15 is 0 Å². The zero-order valence-electron chi connectivity index (χ0n) is 19.5. The topological polar surface area (TPSA) is 76.6 Å². The molecule has 0 bridgehead atoms. The molecule has 0 spiro atoms. The average Bonchev–Trinajstić information content (AvgIpc) is 2.86. The predicted octanol–water partition coefficient (Wildman–Crippen LogP) is 6.75. The maximum Gasteiger partial charge on any atom is 0.326 e. The smallest absolute Gasteiger partial charge is 0.326 e. The van der Waals surface area contributed by atoms with Crippen LogP contribution in [0.2, 0.25) is 10.0 Å². The highest BCUT2D eigenvalue weighted by Crippen LogP contribution is 2.31. The van der Waals surface area contributed by atoms with E-state index < -0.39 is 22.5 Å². The molecule has 186 valence electrons. The summed E-state index contributed by atoms with van der Waals surface area (Å²) in [7, 11) is -4.19. The van der Waals surface area contributed by atoms with Gasteiger partial charge in [0.25, 0.3) is 10.0 Å². The molecule has 1 aromatic heterocycles. The molecule has 0 radical (unpaired) electrons. The van der Waals surface area contributed by atoms with E-state index in [2.05, 4.69) is 4.98 Å². The Morgan fingerprint density at radius 1 is 0.944 bits per heavy atom. The van der Waals surface area contributed by atoms with Gasteiger partial charge in [0.2, 0.25) is 0 Å². The second-order valence-electron chi connectivity index (χ2n) is 8.15. The lowest BCUT2D eigenvalue weighted by atomic mass is 10.0. The van der Waals surface area contributed by atoms with E-state index in [9.17, 15) is 13.2 Å². The monoisotopic (exact) mass is 542 g/mol. The van der Waals surface area contributed by atoms with Gasteiger partial charge in [-0.25, -0.2) is 8.42 Å². The highest BCUT2D eigenvalue weighted by molar-refractivity contribution is 7.92. The number of esters is 1. The molecule has 4 rings (SSSR count). The van der Waals surface area contributed by atoms with Crippen LogP contribution >= 0.6 is 23.2 Å². The Labute approximate surface area is 220 Å². The molecule has 4 aromatic rings. The first-order chi connectivity index (χ1) is 17.3. The van der Waals surface area contributed by atoms with E-state index in [0.29, 0.717) is 12.1 Å². The van der Waals surface area contributed by atoms with Gasteiger partial charge in [-0.3, -0.25) is 14.1 Å². The highest BCUT2D eigenvalue weighted by atomic mass is 35.5. The predicted molar refractivity (Wildman–Crippen MR) is 144 cm³/mol. The number of benzene rings is 3. The van der Waals surface area contributed by atoms with Crippen molar-refractivity contribution in [1.29, 1.82) is 0 Å². The summed E-state index contributed by atoms with van der Waals surface area (Å²) < 4.78 is 33.6. The lowest BCUT2D eigenvalue weighted by Crippen LogP contribution is -2.36. The number of fused-ring (bicyclic) bond motifs is 1. The van der Waals surface area contributed by atoms with Crippen LogP contribution in [0.25, 0.3) is 22.0 Å². The Morgan fingerprint density at radius 3 is 2.36 bits per heavy atom. The summed E-state index contributed by atoms with van der Waals surface area (Å²) in [6.45, 7) is 1.70. The van der Waals surface area contributed by atoms with Crippen LogP contribution in [-0.4, -0.2) is 32.5 Å². The van der Waals surface area contributed by atoms with Gasteiger partial charge in [0, 0.05) is 21.8 Å². The van der Waals surface area contributed by atoms with Gasteiger partial charge in [-0.05, 0) is 65.7 Å². The van der Waals surface area contributed by atoms with Crippen LogP contribution in [0.1, 0.15) is 19.8 Å². The fourth-order valence-corrected chi connectivity index (χ4v) is 5.82. The van der Waals surface area contributed by atoms with Crippen LogP contribution in [0.3, 0.4) is 0 Å². The summed E-state index contributed by atoms with van der Waals surface area (Å²) in [5.41, 5.74) is 2.09. The molecule has 0 amide bonds. The van der Waals surface area contributed by atoms with Crippen molar-refractivity contribution in [2.45, 2.75) is 24.7 Å². The first-order valence-corrected chi connectivity index (χ1v) is 13.6. The summed E-state index contributed by atoms with van der Waals surface area (Å²) in [4.78, 5) is 16.9. The molecule has 0 saturated heterocycles. The Hall–Kier alpha value is -3.13. The molecule has 0 N–H and O–H groups in total. The fourth-order valence-electron chi connectivity index (χ4n) is 3.69. The number of carbonyl (C=O) groups is 1. The molecule has 3 aromatic carbocycles. The number of sulfonamides is 1. The van der Waals surface area contributed by atoms with E-state index in [1.807, 2.05) is 49.4 Å². The Kier molecular flexibility index (Phi) is 8.14. The molecule has 36 heavy (non-hydrogen) atoms. The first kappa shape index (κ1) is 25.9. The number of aromatic nitrogens is 1. The zero-order valence-corrected chi connectivity index (χ0v) is 21.9. The normalized spacial score (nSPS) is 11.4. The van der Waals surface area contributed by atoms with Crippen LogP contribution in [0.5, 0.6) is 0 Å². The van der Waals surface area contributed by atoms with E-state index in [0.717, 1.165) is 32.8 Å². The molecule has 0 unspecified atom stereocenters. The van der Waals surface area contributed by atoms with Crippen LogP contribution in [-0.2, 0) is 19.6 Å². The number of anilines is 1. The quantitative estimate of drug-likeness (QED) is 0.173. The zero-order chi connectivity index (χ0) is 25.7. The minimum absolute atomic E-state index is 0.119. The number of halogens is 2. The molecular weight excluding hydrogens is 519 g/mol. The summed E-state index contributed by atoms with van der Waals surface area (Å²) >= 11 is 12.2. The summed E-state index contributed by atoms with van der Waals surface area (Å²) in [6, 6.07) is 20.7. The van der Waals surface area contributed by atoms with Gasteiger partial charge in [0.15, 0.2) is 0 Å². The third-order valence-electron chi connectivity index (χ3n) is 5.53. The average molecular weight is 543 g/mol. The Balaban J connectivity index is 1.74. The maximum atomic E-state index is 13.7. The summed E-state index contributed by atoms with van der Waals surface area (Å²) in [5, 5.41) is 2.05. The van der Waals surface area contributed by atoms with Gasteiger partial charge < -0.3 is 4.74 Å². The van der Waals surface area contributed by atoms with Crippen molar-refractivity contribution in [2.24, 2.45) is 0 Å². The minimum Gasteiger partial charge on any atom is -0.464 e. The number of hydrogen-bond donors (Lipinski definition) is 0. The number of ether oxygens (including phenoxy) is 1. The van der Waals surface area contributed by atoms with Crippen LogP contribution in [0.15, 0.2) is 83.9 Å². The van der Waals surface area contributed by atoms with Gasteiger partial charge in [-0.15, -0.1) is 0 Å². The molecule has 1 heterocycles. The van der Waals surface area contributed by atoms with E-state index in [-0.39, 0.29) is 21.5 Å². The van der Waals surface area contributed by atoms with Crippen molar-refractivity contribution >= 4 is 55.7 Å². The number of rotatable bonds is 9. The molecule has 0 aliphatic carbocycles. The van der Waals surface area contributed by atoms with Crippen LogP contribution in [0, 0.1) is 0 Å². The third kappa shape index (κ3) is 5.98. The van der Waals surface area contributed by atoms with Crippen molar-refractivity contribution in [1.82, 2.24) is 4.98 Å². The van der Waals surface area contributed by atoms with Crippen molar-refractivity contribution in [2.75, 3.05) is 17.5 Å². The van der Waals surface area contributed by atoms with Crippen molar-refractivity contribution < 1.29 is 17.9 Å². The SMILES string of the molecule is CCCCOC(=O)CN(c1ccc2cc(-c3ccccn3)ccc2c1)S(=O)(=O)c1cc(Cl)cc(Cl)c1. The number of hydrogen-bond acceptors (Lipinski definition) is 5. The number of unbranched alkanes of at least 4 members (excludes halogenated alkanes) is 1. The second kappa shape index (κ2) is 11.3. The molecule has 0 aliphatic rings. The molecule has 0 saturated carbocycles. The number of pyridine rings is 1. The van der Waals surface area contributed by atoms with Gasteiger partial charge >= 0.3 is 5.97 Å². The molecule has 0 fully saturated rings. The second-order valence-corrected chi connectivity index (χ2v) is 10.9. The van der Waals surface area contributed by atoms with Crippen LogP contribution in [0.4, 0.5) is 5.69 Å². The molecule has 0 atom stereocenters. The van der Waals surface area contributed by atoms with Crippen LogP contribution < -0.4 is 4.31 Å². The number of carbonyl (C=O) groups excluding carboxylic acids is 1. The summed E-state index contributed by atoms with van der Waals surface area (Å²) in [5.74, 6) is -0.647. The van der Waals surface area contributed by atoms with Crippen molar-refractivity contribution in [3.05, 3.63) is 89.0 Å². The lowest BCUT2D eigenvalue weighted by Gasteiger charge is -2.24. The highest BCUT2D eigenvalue weighted by Gasteiger charge is 2.29. The molecule has 0 aliphatic heterocycles. The molecule has 9 heteroatoms. The standard InChI is InChI=1S/C27H24Cl2N2O4S/c1-2-3-12-35-27(32)18-31(36(33,34)25-16-22(28)15-23(29)17-25)24-10-9-19-13-21(8-7-20(19)14-24)26-6-4-5-11-30-26/h4-11,13-17H,2-3,12,18H2,1H3. The van der Waals surface area contributed by atoms with Gasteiger partial charge in [0.1, 0.15) is 6.54 Å². The lowest BCUT2D eigenvalue weighted by molar-refractivity contribution is -0.141. The minimum atomic E-state index is -4.19.